The molecule has 4 amide bonds. The van der Waals surface area contributed by atoms with Gasteiger partial charge in [0.2, 0.25) is 5.91 Å². The van der Waals surface area contributed by atoms with Crippen LogP contribution in [-0.2, 0) is 15.1 Å². The minimum absolute atomic E-state index is 0.193. The zero-order chi connectivity index (χ0) is 18.2. The number of halogens is 2. The number of carbonyl (C=O) groups is 3. The van der Waals surface area contributed by atoms with Gasteiger partial charge in [0.05, 0.1) is 15.7 Å². The van der Waals surface area contributed by atoms with E-state index in [1.165, 1.54) is 11.3 Å². The second-order valence-corrected chi connectivity index (χ2v) is 7.31. The van der Waals surface area contributed by atoms with Gasteiger partial charge in [-0.1, -0.05) is 35.3 Å². The van der Waals surface area contributed by atoms with Gasteiger partial charge in [0.15, 0.2) is 5.54 Å². The molecule has 9 heteroatoms. The van der Waals surface area contributed by atoms with Crippen LogP contribution in [0.1, 0.15) is 11.8 Å². The van der Waals surface area contributed by atoms with Crippen molar-refractivity contribution < 1.29 is 14.4 Å². The van der Waals surface area contributed by atoms with Crippen molar-refractivity contribution in [1.29, 1.82) is 0 Å². The van der Waals surface area contributed by atoms with Crippen molar-refractivity contribution in [2.45, 2.75) is 12.5 Å². The van der Waals surface area contributed by atoms with Crippen LogP contribution in [0.25, 0.3) is 0 Å². The maximum absolute atomic E-state index is 12.7. The van der Waals surface area contributed by atoms with Crippen LogP contribution in [-0.4, -0.2) is 29.3 Å². The van der Waals surface area contributed by atoms with E-state index in [0.717, 1.165) is 4.90 Å². The zero-order valence-electron chi connectivity index (χ0n) is 13.0. The summed E-state index contributed by atoms with van der Waals surface area (Å²) in [6, 6.07) is 7.73. The summed E-state index contributed by atoms with van der Waals surface area (Å²) in [6.45, 7) is 1.19. The fraction of sp³-hybridized carbons (Fsp3) is 0.188. The van der Waals surface area contributed by atoms with Crippen LogP contribution in [0.4, 0.5) is 10.5 Å². The summed E-state index contributed by atoms with van der Waals surface area (Å²) in [4.78, 5) is 38.7. The molecule has 1 aliphatic heterocycles. The predicted octanol–water partition coefficient (Wildman–Crippen LogP) is 3.46. The topological polar surface area (TPSA) is 78.5 Å². The first-order valence-corrected chi connectivity index (χ1v) is 8.88. The average Bonchev–Trinajstić information content (AvgIpc) is 3.17. The number of anilines is 1. The molecule has 1 fully saturated rings. The smallest absolute Gasteiger partial charge is 0.323 e. The van der Waals surface area contributed by atoms with E-state index in [0.29, 0.717) is 15.6 Å². The molecule has 1 aliphatic rings. The van der Waals surface area contributed by atoms with Gasteiger partial charge in [0.1, 0.15) is 6.54 Å². The Bertz CT molecular complexity index is 856. The summed E-state index contributed by atoms with van der Waals surface area (Å²) in [7, 11) is 0. The summed E-state index contributed by atoms with van der Waals surface area (Å²) in [5, 5.41) is 7.50. The maximum atomic E-state index is 12.7. The molecular formula is C16H13Cl2N3O3S. The molecule has 1 unspecified atom stereocenters. The number of amides is 4. The van der Waals surface area contributed by atoms with Crippen LogP contribution in [0.2, 0.25) is 10.0 Å². The fourth-order valence-corrected chi connectivity index (χ4v) is 3.69. The highest BCUT2D eigenvalue weighted by atomic mass is 35.5. The molecule has 0 spiro atoms. The Labute approximate surface area is 157 Å². The molecule has 2 aromatic rings. The van der Waals surface area contributed by atoms with Gasteiger partial charge in [-0.25, -0.2) is 4.79 Å². The molecule has 0 bridgehead atoms. The van der Waals surface area contributed by atoms with Crippen molar-refractivity contribution >= 4 is 58.1 Å². The molecule has 1 aromatic carbocycles. The number of rotatable bonds is 4. The minimum atomic E-state index is -1.17. The number of nitrogens with one attached hydrogen (secondary N) is 2. The van der Waals surface area contributed by atoms with E-state index in [-0.39, 0.29) is 5.02 Å². The lowest BCUT2D eigenvalue weighted by atomic mass is 10.0. The van der Waals surface area contributed by atoms with Gasteiger partial charge in [0, 0.05) is 4.88 Å². The molecule has 1 aromatic heterocycles. The summed E-state index contributed by atoms with van der Waals surface area (Å²) in [6.07, 6.45) is 0. The molecule has 1 atom stereocenters. The van der Waals surface area contributed by atoms with Crippen molar-refractivity contribution in [3.8, 4) is 0 Å². The molecule has 6 nitrogen and oxygen atoms in total. The van der Waals surface area contributed by atoms with E-state index < -0.39 is 29.9 Å². The number of thiophene rings is 1. The third-order valence-electron chi connectivity index (χ3n) is 3.82. The molecule has 3 rings (SSSR count). The van der Waals surface area contributed by atoms with E-state index in [1.807, 2.05) is 5.38 Å². The number of urea groups is 1. The van der Waals surface area contributed by atoms with Gasteiger partial charge in [0.25, 0.3) is 5.91 Å². The summed E-state index contributed by atoms with van der Waals surface area (Å²) in [5.74, 6) is -1.03. The number of hydrogen-bond donors (Lipinski definition) is 2. The summed E-state index contributed by atoms with van der Waals surface area (Å²) < 4.78 is 0. The Kier molecular flexibility index (Phi) is 4.73. The highest BCUT2D eigenvalue weighted by Crippen LogP contribution is 2.32. The first kappa shape index (κ1) is 17.7. The SMILES string of the molecule is CC1(c2cccs2)NC(=O)N(CC(=O)Nc2cccc(Cl)c2Cl)C1=O. The van der Waals surface area contributed by atoms with Crippen LogP contribution in [0.5, 0.6) is 0 Å². The lowest BCUT2D eigenvalue weighted by Gasteiger charge is -2.20. The molecule has 25 heavy (non-hydrogen) atoms. The Morgan fingerprint density at radius 3 is 2.72 bits per heavy atom. The van der Waals surface area contributed by atoms with Crippen LogP contribution in [0.15, 0.2) is 35.7 Å². The number of imide groups is 1. The zero-order valence-corrected chi connectivity index (χ0v) is 15.3. The molecule has 0 radical (unpaired) electrons. The number of benzene rings is 1. The van der Waals surface area contributed by atoms with E-state index in [2.05, 4.69) is 10.6 Å². The first-order valence-electron chi connectivity index (χ1n) is 7.25. The van der Waals surface area contributed by atoms with Crippen molar-refractivity contribution in [2.24, 2.45) is 0 Å². The lowest BCUT2D eigenvalue weighted by molar-refractivity contribution is -0.133. The van der Waals surface area contributed by atoms with E-state index >= 15 is 0 Å². The highest BCUT2D eigenvalue weighted by Gasteiger charge is 2.50. The predicted molar refractivity (Wildman–Crippen MR) is 97.0 cm³/mol. The fourth-order valence-electron chi connectivity index (χ4n) is 2.50. The second-order valence-electron chi connectivity index (χ2n) is 5.57. The Morgan fingerprint density at radius 2 is 2.04 bits per heavy atom. The minimum Gasteiger partial charge on any atom is -0.323 e. The maximum Gasteiger partial charge on any atom is 0.325 e. The standard InChI is InChI=1S/C16H13Cl2N3O3S/c1-16(11-6-3-7-25-11)14(23)21(15(24)20-16)8-12(22)19-10-5-2-4-9(17)13(10)18/h2-7H,8H2,1H3,(H,19,22)(H,20,24). The third kappa shape index (κ3) is 3.22. The second kappa shape index (κ2) is 6.67. The van der Waals surface area contributed by atoms with E-state index in [1.54, 1.807) is 37.3 Å². The van der Waals surface area contributed by atoms with Gasteiger partial charge in [-0.2, -0.15) is 0 Å². The van der Waals surface area contributed by atoms with E-state index in [4.69, 9.17) is 23.2 Å². The van der Waals surface area contributed by atoms with Crippen LogP contribution < -0.4 is 10.6 Å². The molecule has 0 aliphatic carbocycles. The number of hydrogen-bond acceptors (Lipinski definition) is 4. The molecule has 2 heterocycles. The monoisotopic (exact) mass is 397 g/mol. The molecule has 0 saturated carbocycles. The van der Waals surface area contributed by atoms with Gasteiger partial charge in [-0.3, -0.25) is 14.5 Å². The molecular weight excluding hydrogens is 385 g/mol. The molecule has 1 saturated heterocycles. The van der Waals surface area contributed by atoms with E-state index in [9.17, 15) is 14.4 Å². The summed E-state index contributed by atoms with van der Waals surface area (Å²) in [5.41, 5.74) is -0.855. The normalized spacial score (nSPS) is 19.9. The largest absolute Gasteiger partial charge is 0.325 e. The van der Waals surface area contributed by atoms with Crippen LogP contribution in [0.3, 0.4) is 0 Å². The summed E-state index contributed by atoms with van der Waals surface area (Å²) >= 11 is 13.3. The van der Waals surface area contributed by atoms with Crippen molar-refractivity contribution in [1.82, 2.24) is 10.2 Å². The molecule has 2 N–H and O–H groups in total. The van der Waals surface area contributed by atoms with Crippen LogP contribution in [0, 0.1) is 0 Å². The highest BCUT2D eigenvalue weighted by molar-refractivity contribution is 7.10. The Morgan fingerprint density at radius 1 is 1.28 bits per heavy atom. The van der Waals surface area contributed by atoms with Crippen LogP contribution >= 0.6 is 34.5 Å². The number of nitrogens with zero attached hydrogens (tertiary/aromatic N) is 1. The third-order valence-corrected chi connectivity index (χ3v) is 5.73. The quantitative estimate of drug-likeness (QED) is 0.775. The van der Waals surface area contributed by atoms with Crippen molar-refractivity contribution in [3.63, 3.8) is 0 Å². The average molecular weight is 398 g/mol. The van der Waals surface area contributed by atoms with Gasteiger partial charge >= 0.3 is 6.03 Å². The number of carbonyl (C=O) groups excluding carboxylic acids is 3. The van der Waals surface area contributed by atoms with Crippen molar-refractivity contribution in [2.75, 3.05) is 11.9 Å². The Hall–Kier alpha value is -2.09. The Balaban J connectivity index is 1.74. The van der Waals surface area contributed by atoms with Gasteiger partial charge < -0.3 is 10.6 Å². The lowest BCUT2D eigenvalue weighted by Crippen LogP contribution is -2.41. The first-order chi connectivity index (χ1) is 11.8. The van der Waals surface area contributed by atoms with Gasteiger partial charge in [-0.15, -0.1) is 11.3 Å². The molecule has 130 valence electrons. The van der Waals surface area contributed by atoms with Crippen molar-refractivity contribution in [3.05, 3.63) is 50.6 Å². The van der Waals surface area contributed by atoms with Gasteiger partial charge in [-0.05, 0) is 30.5 Å².